The Morgan fingerprint density at radius 1 is 1.19 bits per heavy atom. The summed E-state index contributed by atoms with van der Waals surface area (Å²) in [5.41, 5.74) is 4.99. The van der Waals surface area contributed by atoms with Gasteiger partial charge in [-0.15, -0.1) is 0 Å². The Morgan fingerprint density at radius 3 is 2.61 bits per heavy atom. The van der Waals surface area contributed by atoms with E-state index >= 15 is 0 Å². The van der Waals surface area contributed by atoms with Crippen LogP contribution in [0, 0.1) is 5.92 Å². The molecule has 2 aliphatic heterocycles. The number of carbonyl (C=O) groups excluding carboxylic acids is 2. The molecule has 1 amide bonds. The fourth-order valence-electron chi connectivity index (χ4n) is 4.09. The number of halogens is 1. The van der Waals surface area contributed by atoms with Crippen LogP contribution in [0.1, 0.15) is 31.4 Å². The molecular weight excluding hydrogens is 416 g/mol. The summed E-state index contributed by atoms with van der Waals surface area (Å²) in [4.78, 5) is 24.8. The Labute approximate surface area is 186 Å². The molecule has 0 radical (unpaired) electrons. The topological polar surface area (TPSA) is 74.2 Å². The monoisotopic (exact) mass is 440 g/mol. The van der Waals surface area contributed by atoms with Crippen molar-refractivity contribution in [1.82, 2.24) is 10.4 Å². The van der Waals surface area contributed by atoms with E-state index in [0.29, 0.717) is 23.7 Å². The Kier molecular flexibility index (Phi) is 6.25. The number of piperidine rings is 1. The molecule has 2 atom stereocenters. The molecule has 31 heavy (non-hydrogen) atoms. The number of rotatable bonds is 5. The number of Topliss-reactive ketones (excluding diaryl/α,β-unsaturated/α-hetero) is 1. The van der Waals surface area contributed by atoms with Gasteiger partial charge in [-0.05, 0) is 36.2 Å². The number of methoxy groups -OCH3 is 1. The molecule has 0 unspecified atom stereocenters. The van der Waals surface area contributed by atoms with Gasteiger partial charge in [-0.1, -0.05) is 42.8 Å². The van der Waals surface area contributed by atoms with Crippen LogP contribution in [0.4, 0.5) is 5.69 Å². The molecular formula is C23H25ClN4O3. The van der Waals surface area contributed by atoms with Crippen molar-refractivity contribution >= 4 is 34.7 Å². The summed E-state index contributed by atoms with van der Waals surface area (Å²) in [7, 11) is 1.63. The zero-order valence-electron chi connectivity index (χ0n) is 17.5. The molecule has 2 aliphatic rings. The number of benzene rings is 2. The van der Waals surface area contributed by atoms with Crippen LogP contribution in [-0.4, -0.2) is 42.6 Å². The number of hydrazine groups is 1. The van der Waals surface area contributed by atoms with Gasteiger partial charge in [0, 0.05) is 18.9 Å². The SMILES string of the molecule is COc1ccc([C@H]2[C@@H](C)C(C(=O)NN3CCCC(=O)C3)=NN2c2ccccc2Cl)cc1. The highest BCUT2D eigenvalue weighted by Gasteiger charge is 2.40. The van der Waals surface area contributed by atoms with Crippen molar-refractivity contribution in [3.63, 3.8) is 0 Å². The van der Waals surface area contributed by atoms with Crippen LogP contribution in [0.3, 0.4) is 0 Å². The highest BCUT2D eigenvalue weighted by atomic mass is 35.5. The van der Waals surface area contributed by atoms with Crippen LogP contribution >= 0.6 is 11.6 Å². The molecule has 0 saturated carbocycles. The van der Waals surface area contributed by atoms with Crippen LogP contribution < -0.4 is 15.2 Å². The zero-order chi connectivity index (χ0) is 22.0. The predicted molar refractivity (Wildman–Crippen MR) is 120 cm³/mol. The quantitative estimate of drug-likeness (QED) is 0.769. The summed E-state index contributed by atoms with van der Waals surface area (Å²) in [6.07, 6.45) is 1.30. The molecule has 0 spiro atoms. The number of hydrazone groups is 1. The number of ketones is 1. The minimum atomic E-state index is -0.296. The van der Waals surface area contributed by atoms with Gasteiger partial charge < -0.3 is 4.74 Å². The Morgan fingerprint density at radius 2 is 1.94 bits per heavy atom. The molecule has 8 heteroatoms. The van der Waals surface area contributed by atoms with E-state index in [1.54, 1.807) is 18.2 Å². The van der Waals surface area contributed by atoms with Gasteiger partial charge in [0.05, 0.1) is 30.4 Å². The molecule has 1 fully saturated rings. The third-order valence-corrected chi connectivity index (χ3v) is 6.00. The fourth-order valence-corrected chi connectivity index (χ4v) is 4.31. The largest absolute Gasteiger partial charge is 0.497 e. The average Bonchev–Trinajstić information content (AvgIpc) is 3.11. The molecule has 0 aliphatic carbocycles. The van der Waals surface area contributed by atoms with E-state index in [-0.39, 0.29) is 30.2 Å². The first-order valence-electron chi connectivity index (χ1n) is 10.3. The summed E-state index contributed by atoms with van der Waals surface area (Å²) < 4.78 is 5.28. The molecule has 7 nitrogen and oxygen atoms in total. The van der Waals surface area contributed by atoms with Gasteiger partial charge >= 0.3 is 0 Å². The molecule has 2 heterocycles. The lowest BCUT2D eigenvalue weighted by molar-refractivity contribution is -0.126. The number of amides is 1. The number of carbonyl (C=O) groups is 2. The summed E-state index contributed by atoms with van der Waals surface area (Å²) in [6.45, 7) is 2.85. The smallest absolute Gasteiger partial charge is 0.282 e. The number of ether oxygens (including phenoxy) is 1. The van der Waals surface area contributed by atoms with Crippen molar-refractivity contribution in [2.45, 2.75) is 25.8 Å². The summed E-state index contributed by atoms with van der Waals surface area (Å²) in [5, 5.41) is 8.73. The normalized spacial score (nSPS) is 21.7. The first-order valence-corrected chi connectivity index (χ1v) is 10.7. The van der Waals surface area contributed by atoms with Crippen molar-refractivity contribution in [3.8, 4) is 5.75 Å². The first-order chi connectivity index (χ1) is 15.0. The second kappa shape index (κ2) is 9.08. The van der Waals surface area contributed by atoms with E-state index in [4.69, 9.17) is 21.4 Å². The molecule has 4 rings (SSSR count). The van der Waals surface area contributed by atoms with Gasteiger partial charge in [0.1, 0.15) is 17.2 Å². The van der Waals surface area contributed by atoms with Crippen molar-refractivity contribution < 1.29 is 14.3 Å². The minimum absolute atomic E-state index is 0.127. The third-order valence-electron chi connectivity index (χ3n) is 5.68. The Balaban J connectivity index is 1.65. The molecule has 0 bridgehead atoms. The van der Waals surface area contributed by atoms with Crippen LogP contribution in [-0.2, 0) is 9.59 Å². The van der Waals surface area contributed by atoms with Crippen LogP contribution in [0.5, 0.6) is 5.75 Å². The van der Waals surface area contributed by atoms with Crippen molar-refractivity contribution in [2.75, 3.05) is 25.2 Å². The van der Waals surface area contributed by atoms with Gasteiger partial charge in [-0.3, -0.25) is 20.0 Å². The van der Waals surface area contributed by atoms with Crippen molar-refractivity contribution in [2.24, 2.45) is 11.0 Å². The molecule has 1 N–H and O–H groups in total. The predicted octanol–water partition coefficient (Wildman–Crippen LogP) is 3.60. The second-order valence-corrected chi connectivity index (χ2v) is 8.20. The second-order valence-electron chi connectivity index (χ2n) is 7.79. The summed E-state index contributed by atoms with van der Waals surface area (Å²) in [5.74, 6) is 0.384. The van der Waals surface area contributed by atoms with Crippen molar-refractivity contribution in [1.29, 1.82) is 0 Å². The van der Waals surface area contributed by atoms with E-state index in [1.165, 1.54) is 0 Å². The molecule has 1 saturated heterocycles. The molecule has 2 aromatic carbocycles. The molecule has 162 valence electrons. The number of anilines is 1. The number of hydrogen-bond acceptors (Lipinski definition) is 6. The maximum atomic E-state index is 13.1. The molecule has 0 aromatic heterocycles. The van der Waals surface area contributed by atoms with Gasteiger partial charge in [-0.2, -0.15) is 5.10 Å². The summed E-state index contributed by atoms with van der Waals surface area (Å²) >= 11 is 6.47. The number of hydrogen-bond donors (Lipinski definition) is 1. The minimum Gasteiger partial charge on any atom is -0.497 e. The standard InChI is InChI=1S/C23H25ClN4O3/c1-15-21(23(30)26-27-13-5-6-17(29)14-27)25-28(20-8-4-3-7-19(20)24)22(15)16-9-11-18(31-2)12-10-16/h3-4,7-12,15,22H,5-6,13-14H2,1-2H3,(H,26,30)/t15-,22+/m0/s1. The van der Waals surface area contributed by atoms with Gasteiger partial charge in [0.15, 0.2) is 0 Å². The van der Waals surface area contributed by atoms with Crippen molar-refractivity contribution in [3.05, 3.63) is 59.1 Å². The number of nitrogens with zero attached hydrogens (tertiary/aromatic N) is 3. The number of para-hydroxylation sites is 1. The average molecular weight is 441 g/mol. The van der Waals surface area contributed by atoms with E-state index in [9.17, 15) is 9.59 Å². The van der Waals surface area contributed by atoms with Crippen LogP contribution in [0.2, 0.25) is 5.02 Å². The highest BCUT2D eigenvalue weighted by Crippen LogP contribution is 2.41. The van der Waals surface area contributed by atoms with E-state index < -0.39 is 0 Å². The lowest BCUT2D eigenvalue weighted by Gasteiger charge is -2.28. The van der Waals surface area contributed by atoms with E-state index in [1.807, 2.05) is 54.4 Å². The van der Waals surface area contributed by atoms with Crippen LogP contribution in [0.15, 0.2) is 53.6 Å². The van der Waals surface area contributed by atoms with Gasteiger partial charge in [-0.25, -0.2) is 5.01 Å². The van der Waals surface area contributed by atoms with Gasteiger partial charge in [0.2, 0.25) is 0 Å². The number of nitrogens with one attached hydrogen (secondary N) is 1. The van der Waals surface area contributed by atoms with E-state index in [2.05, 4.69) is 5.43 Å². The first kappa shape index (κ1) is 21.3. The fraction of sp³-hybridized carbons (Fsp3) is 0.348. The van der Waals surface area contributed by atoms with E-state index in [0.717, 1.165) is 23.4 Å². The van der Waals surface area contributed by atoms with Gasteiger partial charge in [0.25, 0.3) is 5.91 Å². The lowest BCUT2D eigenvalue weighted by Crippen LogP contribution is -2.50. The maximum Gasteiger partial charge on any atom is 0.282 e. The summed E-state index contributed by atoms with van der Waals surface area (Å²) in [6, 6.07) is 15.0. The maximum absolute atomic E-state index is 13.1. The lowest BCUT2D eigenvalue weighted by atomic mass is 9.91. The Hall–Kier alpha value is -2.90. The third kappa shape index (κ3) is 4.43. The zero-order valence-corrected chi connectivity index (χ0v) is 18.3. The highest BCUT2D eigenvalue weighted by molar-refractivity contribution is 6.40. The Bertz CT molecular complexity index is 1010. The van der Waals surface area contributed by atoms with Crippen LogP contribution in [0.25, 0.3) is 0 Å². The molecule has 2 aromatic rings.